The summed E-state index contributed by atoms with van der Waals surface area (Å²) in [6, 6.07) is 0.166. The molecule has 7 nitrogen and oxygen atoms in total. The Labute approximate surface area is 111 Å². The molecule has 1 unspecified atom stereocenters. The van der Waals surface area contributed by atoms with E-state index in [9.17, 15) is 9.59 Å². The van der Waals surface area contributed by atoms with Gasteiger partial charge in [0.25, 0.3) is 0 Å². The summed E-state index contributed by atoms with van der Waals surface area (Å²) in [5.41, 5.74) is 8.29. The number of amides is 1. The van der Waals surface area contributed by atoms with E-state index in [1.165, 1.54) is 0 Å². The van der Waals surface area contributed by atoms with E-state index in [2.05, 4.69) is 10.0 Å². The number of carbonyl (C=O) groups excluding carboxylic acids is 1. The summed E-state index contributed by atoms with van der Waals surface area (Å²) >= 11 is 0. The highest BCUT2D eigenvalue weighted by Crippen LogP contribution is 2.31. The molecule has 0 aromatic heterocycles. The van der Waals surface area contributed by atoms with Crippen LogP contribution in [0, 0.1) is 11.8 Å². The van der Waals surface area contributed by atoms with E-state index >= 15 is 0 Å². The molecule has 104 valence electrons. The summed E-state index contributed by atoms with van der Waals surface area (Å²) < 4.78 is 0. The minimum Gasteiger partial charge on any atom is -0.481 e. The van der Waals surface area contributed by atoms with Gasteiger partial charge in [0.2, 0.25) is 5.91 Å². The molecule has 1 N–H and O–H groups in total. The van der Waals surface area contributed by atoms with Crippen LogP contribution in [0.2, 0.25) is 0 Å². The number of nitrogens with zero attached hydrogens (tertiary/aromatic N) is 4. The van der Waals surface area contributed by atoms with Gasteiger partial charge in [-0.05, 0) is 37.1 Å². The lowest BCUT2D eigenvalue weighted by molar-refractivity contribution is -0.143. The van der Waals surface area contributed by atoms with Gasteiger partial charge in [0, 0.05) is 30.5 Å². The van der Waals surface area contributed by atoms with Crippen LogP contribution in [0.15, 0.2) is 5.11 Å². The van der Waals surface area contributed by atoms with Gasteiger partial charge in [-0.25, -0.2) is 0 Å². The van der Waals surface area contributed by atoms with Crippen LogP contribution < -0.4 is 0 Å². The van der Waals surface area contributed by atoms with E-state index in [0.29, 0.717) is 32.4 Å². The molecule has 1 heterocycles. The molecule has 1 aliphatic heterocycles. The van der Waals surface area contributed by atoms with Crippen LogP contribution in [0.25, 0.3) is 10.4 Å². The average molecular weight is 266 g/mol. The van der Waals surface area contributed by atoms with Crippen molar-refractivity contribution in [1.82, 2.24) is 4.90 Å². The Morgan fingerprint density at radius 2 is 2.11 bits per heavy atom. The maximum atomic E-state index is 11.9. The molecule has 7 heteroatoms. The number of carbonyl (C=O) groups is 2. The summed E-state index contributed by atoms with van der Waals surface area (Å²) in [5.74, 6) is -0.766. The third kappa shape index (κ3) is 3.17. The Kier molecular flexibility index (Phi) is 4.27. The number of hydrogen-bond acceptors (Lipinski definition) is 3. The van der Waals surface area contributed by atoms with Crippen LogP contribution >= 0.6 is 0 Å². The van der Waals surface area contributed by atoms with E-state index < -0.39 is 5.97 Å². The average Bonchev–Trinajstić information content (AvgIpc) is 2.77. The minimum absolute atomic E-state index is 0.108. The highest BCUT2D eigenvalue weighted by molar-refractivity contribution is 5.79. The standard InChI is InChI=1S/C12H18N4O3/c13-15-14-6-8-5-11(17)16(7-8)10-3-1-9(2-4-10)12(18)19/h8-10H,1-7H2,(H,18,19). The molecule has 2 aliphatic rings. The Morgan fingerprint density at radius 1 is 1.42 bits per heavy atom. The fraction of sp³-hybridized carbons (Fsp3) is 0.833. The van der Waals surface area contributed by atoms with Gasteiger partial charge in [0.1, 0.15) is 0 Å². The fourth-order valence-electron chi connectivity index (χ4n) is 3.07. The third-order valence-electron chi connectivity index (χ3n) is 4.13. The quantitative estimate of drug-likeness (QED) is 0.476. The normalized spacial score (nSPS) is 31.1. The SMILES string of the molecule is [N-]=[N+]=NCC1CC(=O)N(C2CCC(C(=O)O)CC2)C1. The summed E-state index contributed by atoms with van der Waals surface area (Å²) in [7, 11) is 0. The van der Waals surface area contributed by atoms with Crippen molar-refractivity contribution in [3.8, 4) is 0 Å². The van der Waals surface area contributed by atoms with Crippen molar-refractivity contribution in [2.24, 2.45) is 17.0 Å². The molecule has 1 atom stereocenters. The maximum absolute atomic E-state index is 11.9. The van der Waals surface area contributed by atoms with Crippen LogP contribution in [0.3, 0.4) is 0 Å². The van der Waals surface area contributed by atoms with Crippen molar-refractivity contribution in [3.63, 3.8) is 0 Å². The van der Waals surface area contributed by atoms with Gasteiger partial charge in [-0.1, -0.05) is 5.11 Å². The van der Waals surface area contributed by atoms with E-state index in [1.54, 1.807) is 0 Å². The Hall–Kier alpha value is -1.75. The smallest absolute Gasteiger partial charge is 0.306 e. The molecule has 1 aliphatic carbocycles. The molecule has 0 aromatic carbocycles. The molecule has 0 radical (unpaired) electrons. The Balaban J connectivity index is 1.88. The van der Waals surface area contributed by atoms with Gasteiger partial charge in [0.15, 0.2) is 0 Å². The zero-order valence-electron chi connectivity index (χ0n) is 10.7. The lowest BCUT2D eigenvalue weighted by Crippen LogP contribution is -2.40. The van der Waals surface area contributed by atoms with Gasteiger partial charge in [-0.2, -0.15) is 0 Å². The van der Waals surface area contributed by atoms with Crippen LogP contribution in [0.5, 0.6) is 0 Å². The molecule has 0 spiro atoms. The summed E-state index contributed by atoms with van der Waals surface area (Å²) in [6.45, 7) is 1.00. The second-order valence-corrected chi connectivity index (χ2v) is 5.37. The first-order valence-corrected chi connectivity index (χ1v) is 6.65. The number of rotatable bonds is 4. The predicted molar refractivity (Wildman–Crippen MR) is 67.2 cm³/mol. The van der Waals surface area contributed by atoms with Crippen LogP contribution in [0.1, 0.15) is 32.1 Å². The molecule has 1 amide bonds. The minimum atomic E-state index is -0.729. The highest BCUT2D eigenvalue weighted by Gasteiger charge is 2.36. The number of likely N-dealkylation sites (tertiary alicyclic amines) is 1. The maximum Gasteiger partial charge on any atom is 0.306 e. The number of carboxylic acid groups (broad SMARTS) is 1. The van der Waals surface area contributed by atoms with Crippen molar-refractivity contribution >= 4 is 11.9 Å². The summed E-state index contributed by atoms with van der Waals surface area (Å²) in [4.78, 5) is 27.4. The van der Waals surface area contributed by atoms with Gasteiger partial charge >= 0.3 is 5.97 Å². The van der Waals surface area contributed by atoms with E-state index in [4.69, 9.17) is 10.6 Å². The van der Waals surface area contributed by atoms with Crippen molar-refractivity contribution in [2.45, 2.75) is 38.1 Å². The highest BCUT2D eigenvalue weighted by atomic mass is 16.4. The van der Waals surface area contributed by atoms with Crippen LogP contribution in [-0.4, -0.2) is 41.0 Å². The zero-order chi connectivity index (χ0) is 13.8. The van der Waals surface area contributed by atoms with Crippen molar-refractivity contribution in [3.05, 3.63) is 10.4 Å². The lowest BCUT2D eigenvalue weighted by Gasteiger charge is -2.33. The molecule has 1 saturated carbocycles. The Bertz CT molecular complexity index is 411. The fourth-order valence-corrected chi connectivity index (χ4v) is 3.07. The second kappa shape index (κ2) is 5.93. The Morgan fingerprint density at radius 3 is 2.68 bits per heavy atom. The van der Waals surface area contributed by atoms with Gasteiger partial charge < -0.3 is 10.0 Å². The molecular formula is C12H18N4O3. The molecule has 1 saturated heterocycles. The van der Waals surface area contributed by atoms with Crippen LogP contribution in [0.4, 0.5) is 0 Å². The first-order chi connectivity index (χ1) is 9.11. The molecule has 2 rings (SSSR count). The van der Waals surface area contributed by atoms with Crippen LogP contribution in [-0.2, 0) is 9.59 Å². The van der Waals surface area contributed by atoms with Gasteiger partial charge in [0.05, 0.1) is 5.92 Å². The zero-order valence-corrected chi connectivity index (χ0v) is 10.7. The largest absolute Gasteiger partial charge is 0.481 e. The van der Waals surface area contributed by atoms with Gasteiger partial charge in [-0.15, -0.1) is 0 Å². The number of carboxylic acids is 1. The first-order valence-electron chi connectivity index (χ1n) is 6.65. The van der Waals surface area contributed by atoms with E-state index in [-0.39, 0.29) is 23.8 Å². The second-order valence-electron chi connectivity index (χ2n) is 5.37. The number of hydrogen-bond donors (Lipinski definition) is 1. The van der Waals surface area contributed by atoms with Crippen molar-refractivity contribution < 1.29 is 14.7 Å². The van der Waals surface area contributed by atoms with Crippen molar-refractivity contribution in [2.75, 3.05) is 13.1 Å². The molecular weight excluding hydrogens is 248 g/mol. The number of aliphatic carboxylic acids is 1. The summed E-state index contributed by atoms with van der Waals surface area (Å²) in [6.07, 6.45) is 3.25. The first kappa shape index (κ1) is 13.7. The summed E-state index contributed by atoms with van der Waals surface area (Å²) in [5, 5.41) is 12.5. The lowest BCUT2D eigenvalue weighted by atomic mass is 9.85. The third-order valence-corrected chi connectivity index (χ3v) is 4.13. The molecule has 19 heavy (non-hydrogen) atoms. The molecule has 0 bridgehead atoms. The monoisotopic (exact) mass is 266 g/mol. The predicted octanol–water partition coefficient (Wildman–Crippen LogP) is 1.79. The molecule has 0 aromatic rings. The van der Waals surface area contributed by atoms with Crippen molar-refractivity contribution in [1.29, 1.82) is 0 Å². The van der Waals surface area contributed by atoms with Gasteiger partial charge in [-0.3, -0.25) is 9.59 Å². The van der Waals surface area contributed by atoms with E-state index in [1.807, 2.05) is 4.90 Å². The van der Waals surface area contributed by atoms with E-state index in [0.717, 1.165) is 12.8 Å². The topological polar surface area (TPSA) is 106 Å². The number of azide groups is 1. The molecule has 2 fully saturated rings.